The van der Waals surface area contributed by atoms with Crippen LogP contribution in [0.15, 0.2) is 45.8 Å². The first-order valence-corrected chi connectivity index (χ1v) is 8.34. The lowest BCUT2D eigenvalue weighted by Crippen LogP contribution is -2.35. The third kappa shape index (κ3) is 3.06. The van der Waals surface area contributed by atoms with Crippen molar-refractivity contribution in [2.45, 2.75) is 19.5 Å². The van der Waals surface area contributed by atoms with Gasteiger partial charge in [0, 0.05) is 25.2 Å². The summed E-state index contributed by atoms with van der Waals surface area (Å²) >= 11 is 6.17. The molecule has 1 aliphatic heterocycles. The minimum atomic E-state index is -0.119. The van der Waals surface area contributed by atoms with E-state index >= 15 is 0 Å². The molecule has 0 fully saturated rings. The Morgan fingerprint density at radius 1 is 1.32 bits per heavy atom. The zero-order chi connectivity index (χ0) is 17.4. The Balaban J connectivity index is 1.62. The van der Waals surface area contributed by atoms with Crippen LogP contribution in [0.2, 0.25) is 5.02 Å². The molecule has 1 aliphatic rings. The van der Waals surface area contributed by atoms with Crippen LogP contribution in [0.1, 0.15) is 16.8 Å². The number of aromatic nitrogens is 2. The molecule has 128 valence electrons. The molecule has 3 heterocycles. The van der Waals surface area contributed by atoms with Crippen molar-refractivity contribution in [1.82, 2.24) is 14.9 Å². The highest BCUT2D eigenvalue weighted by Gasteiger charge is 2.22. The topological polar surface area (TPSA) is 82.4 Å². The molecule has 0 amide bonds. The lowest BCUT2D eigenvalue weighted by Gasteiger charge is -2.28. The van der Waals surface area contributed by atoms with E-state index in [0.29, 0.717) is 41.7 Å². The molecule has 2 N–H and O–H groups in total. The summed E-state index contributed by atoms with van der Waals surface area (Å²) in [7, 11) is 0. The summed E-state index contributed by atoms with van der Waals surface area (Å²) < 4.78 is 5.33. The average Bonchev–Trinajstić information content (AvgIpc) is 3.13. The molecule has 6 nitrogen and oxygen atoms in total. The molecule has 0 aliphatic carbocycles. The van der Waals surface area contributed by atoms with Crippen LogP contribution >= 0.6 is 11.6 Å². The summed E-state index contributed by atoms with van der Waals surface area (Å²) in [5.41, 5.74) is 2.19. The molecular formula is C18H16ClN3O3. The van der Waals surface area contributed by atoms with Crippen LogP contribution in [-0.4, -0.2) is 26.5 Å². The molecule has 0 spiro atoms. The van der Waals surface area contributed by atoms with Gasteiger partial charge in [0.25, 0.3) is 5.56 Å². The van der Waals surface area contributed by atoms with Gasteiger partial charge in [-0.1, -0.05) is 23.7 Å². The Labute approximate surface area is 148 Å². The number of nitrogens with zero attached hydrogens (tertiary/aromatic N) is 2. The van der Waals surface area contributed by atoms with E-state index in [-0.39, 0.29) is 11.3 Å². The second-order valence-electron chi connectivity index (χ2n) is 6.03. The van der Waals surface area contributed by atoms with E-state index in [1.54, 1.807) is 30.5 Å². The first-order chi connectivity index (χ1) is 12.1. The Bertz CT molecular complexity index is 966. The van der Waals surface area contributed by atoms with Gasteiger partial charge >= 0.3 is 0 Å². The van der Waals surface area contributed by atoms with Crippen LogP contribution in [0.4, 0.5) is 0 Å². The van der Waals surface area contributed by atoms with Crippen LogP contribution in [0.3, 0.4) is 0 Å². The standard InChI is InChI=1S/C18H16ClN3O3/c19-16-11(3-1-4-14(16)23)9-22-7-6-12-13(10-22)20-17(21-18(12)24)15-5-2-8-25-15/h1-5,8,23H,6-7,9-10H2,(H,20,21,24). The highest BCUT2D eigenvalue weighted by molar-refractivity contribution is 6.32. The summed E-state index contributed by atoms with van der Waals surface area (Å²) in [5.74, 6) is 1.05. The van der Waals surface area contributed by atoms with Crippen LogP contribution in [0.5, 0.6) is 5.75 Å². The first kappa shape index (κ1) is 15.9. The number of furan rings is 1. The molecule has 0 bridgehead atoms. The van der Waals surface area contributed by atoms with Crippen molar-refractivity contribution in [3.8, 4) is 17.3 Å². The Morgan fingerprint density at radius 2 is 2.20 bits per heavy atom. The number of benzene rings is 1. The SMILES string of the molecule is O=c1[nH]c(-c2ccco2)nc2c1CCN(Cc1cccc(O)c1Cl)C2. The van der Waals surface area contributed by atoms with Gasteiger partial charge in [0.1, 0.15) is 5.75 Å². The number of aromatic amines is 1. The van der Waals surface area contributed by atoms with Crippen LogP contribution in [-0.2, 0) is 19.5 Å². The van der Waals surface area contributed by atoms with Gasteiger partial charge in [0.05, 0.1) is 17.0 Å². The summed E-state index contributed by atoms with van der Waals surface area (Å²) in [6.45, 7) is 1.85. The van der Waals surface area contributed by atoms with Crippen LogP contribution in [0, 0.1) is 0 Å². The summed E-state index contributed by atoms with van der Waals surface area (Å²) in [4.78, 5) is 21.8. The van der Waals surface area contributed by atoms with Gasteiger partial charge < -0.3 is 14.5 Å². The minimum absolute atomic E-state index is 0.0752. The van der Waals surface area contributed by atoms with Crippen molar-refractivity contribution in [3.05, 3.63) is 68.8 Å². The molecule has 0 unspecified atom stereocenters. The zero-order valence-electron chi connectivity index (χ0n) is 13.3. The van der Waals surface area contributed by atoms with Crippen LogP contribution < -0.4 is 5.56 Å². The Kier molecular flexibility index (Phi) is 4.07. The zero-order valence-corrected chi connectivity index (χ0v) is 14.1. The van der Waals surface area contributed by atoms with E-state index in [1.165, 1.54) is 0 Å². The Morgan fingerprint density at radius 3 is 3.00 bits per heavy atom. The fourth-order valence-corrected chi connectivity index (χ4v) is 3.27. The highest BCUT2D eigenvalue weighted by atomic mass is 35.5. The van der Waals surface area contributed by atoms with Crippen molar-refractivity contribution in [3.63, 3.8) is 0 Å². The third-order valence-corrected chi connectivity index (χ3v) is 4.80. The quantitative estimate of drug-likeness (QED) is 0.753. The number of aromatic hydroxyl groups is 1. The maximum Gasteiger partial charge on any atom is 0.254 e. The molecule has 1 aromatic carbocycles. The summed E-state index contributed by atoms with van der Waals surface area (Å²) in [6, 6.07) is 8.74. The number of H-pyrrole nitrogens is 1. The van der Waals surface area contributed by atoms with Gasteiger partial charge in [0.15, 0.2) is 11.6 Å². The first-order valence-electron chi connectivity index (χ1n) is 7.96. The Hall–Kier alpha value is -2.57. The smallest absolute Gasteiger partial charge is 0.254 e. The number of nitrogens with one attached hydrogen (secondary N) is 1. The van der Waals surface area contributed by atoms with E-state index in [0.717, 1.165) is 17.8 Å². The summed E-state index contributed by atoms with van der Waals surface area (Å²) in [6.07, 6.45) is 2.16. The molecule has 25 heavy (non-hydrogen) atoms. The number of phenols is 1. The molecule has 0 radical (unpaired) electrons. The predicted octanol–water partition coefficient (Wildman–Crippen LogP) is 2.95. The maximum atomic E-state index is 12.3. The monoisotopic (exact) mass is 357 g/mol. The fourth-order valence-electron chi connectivity index (χ4n) is 3.09. The van der Waals surface area contributed by atoms with Gasteiger partial charge in [-0.3, -0.25) is 9.69 Å². The molecular weight excluding hydrogens is 342 g/mol. The van der Waals surface area contributed by atoms with E-state index in [2.05, 4.69) is 14.9 Å². The number of halogens is 1. The van der Waals surface area contributed by atoms with Gasteiger partial charge in [-0.2, -0.15) is 0 Å². The lowest BCUT2D eigenvalue weighted by molar-refractivity contribution is 0.240. The maximum absolute atomic E-state index is 12.3. The van der Waals surface area contributed by atoms with E-state index in [4.69, 9.17) is 16.0 Å². The van der Waals surface area contributed by atoms with Gasteiger partial charge in [-0.05, 0) is 30.2 Å². The number of hydrogen-bond acceptors (Lipinski definition) is 5. The molecule has 0 saturated carbocycles. The predicted molar refractivity (Wildman–Crippen MR) is 93.5 cm³/mol. The van der Waals surface area contributed by atoms with E-state index in [1.807, 2.05) is 6.07 Å². The van der Waals surface area contributed by atoms with E-state index in [9.17, 15) is 9.90 Å². The van der Waals surface area contributed by atoms with Gasteiger partial charge in [-0.25, -0.2) is 4.98 Å². The molecule has 3 aromatic rings. The van der Waals surface area contributed by atoms with Gasteiger partial charge in [0.2, 0.25) is 0 Å². The summed E-state index contributed by atoms with van der Waals surface area (Å²) in [5, 5.41) is 10.1. The minimum Gasteiger partial charge on any atom is -0.506 e. The average molecular weight is 358 g/mol. The second kappa shape index (κ2) is 6.38. The van der Waals surface area contributed by atoms with Crippen molar-refractivity contribution >= 4 is 11.6 Å². The van der Waals surface area contributed by atoms with E-state index < -0.39 is 0 Å². The molecule has 0 saturated heterocycles. The fraction of sp³-hybridized carbons (Fsp3) is 0.222. The normalized spacial score (nSPS) is 14.4. The number of fused-ring (bicyclic) bond motifs is 1. The largest absolute Gasteiger partial charge is 0.506 e. The highest BCUT2D eigenvalue weighted by Crippen LogP contribution is 2.29. The number of hydrogen-bond donors (Lipinski definition) is 2. The second-order valence-corrected chi connectivity index (χ2v) is 6.41. The molecule has 2 aromatic heterocycles. The van der Waals surface area contributed by atoms with Gasteiger partial charge in [-0.15, -0.1) is 0 Å². The lowest BCUT2D eigenvalue weighted by atomic mass is 10.1. The van der Waals surface area contributed by atoms with Crippen molar-refractivity contribution in [2.24, 2.45) is 0 Å². The van der Waals surface area contributed by atoms with Crippen molar-refractivity contribution < 1.29 is 9.52 Å². The van der Waals surface area contributed by atoms with Crippen LogP contribution in [0.25, 0.3) is 11.6 Å². The van der Waals surface area contributed by atoms with Crippen molar-refractivity contribution in [2.75, 3.05) is 6.54 Å². The third-order valence-electron chi connectivity index (χ3n) is 4.36. The molecule has 7 heteroatoms. The van der Waals surface area contributed by atoms with Crippen molar-refractivity contribution in [1.29, 1.82) is 0 Å². The molecule has 4 rings (SSSR count). The number of rotatable bonds is 3. The number of phenolic OH excluding ortho intramolecular Hbond substituents is 1. The molecule has 0 atom stereocenters.